The van der Waals surface area contributed by atoms with Crippen LogP contribution in [0.5, 0.6) is 5.75 Å². The fourth-order valence-corrected chi connectivity index (χ4v) is 6.89. The average molecular weight is 551 g/mol. The lowest BCUT2D eigenvalue weighted by Gasteiger charge is -2.27. The Kier molecular flexibility index (Phi) is 7.58. The number of likely N-dealkylation sites (tertiary alicyclic amines) is 1. The maximum Gasteiger partial charge on any atom is 0.387 e. The molecule has 4 rings (SSSR count). The molecule has 2 atom stereocenters. The first-order valence-corrected chi connectivity index (χ1v) is 13.8. The number of carboxylic acid groups (broad SMARTS) is 1. The van der Waals surface area contributed by atoms with Crippen molar-refractivity contribution in [2.45, 2.75) is 44.4 Å². The molecule has 1 amide bonds. The second-order valence-corrected chi connectivity index (χ2v) is 11.9. The van der Waals surface area contributed by atoms with Gasteiger partial charge in [-0.05, 0) is 56.5 Å². The predicted octanol–water partition coefficient (Wildman–Crippen LogP) is 3.21. The zero-order valence-corrected chi connectivity index (χ0v) is 21.4. The van der Waals surface area contributed by atoms with E-state index in [1.165, 1.54) is 41.3 Å². The van der Waals surface area contributed by atoms with Crippen LogP contribution in [0.1, 0.15) is 42.1 Å². The lowest BCUT2D eigenvalue weighted by Crippen LogP contribution is -2.47. The zero-order chi connectivity index (χ0) is 27.7. The monoisotopic (exact) mass is 550 g/mol. The Morgan fingerprint density at radius 2 is 2.00 bits per heavy atom. The minimum atomic E-state index is -3.26. The highest BCUT2D eigenvalue weighted by Crippen LogP contribution is 2.30. The van der Waals surface area contributed by atoms with E-state index in [4.69, 9.17) is 5.41 Å². The first-order valence-electron chi connectivity index (χ1n) is 11.9. The van der Waals surface area contributed by atoms with Crippen LogP contribution in [0.15, 0.2) is 42.5 Å². The summed E-state index contributed by atoms with van der Waals surface area (Å²) in [7, 11) is -3.26. The summed E-state index contributed by atoms with van der Waals surface area (Å²) in [5, 5.41) is 24.3. The Hall–Kier alpha value is -3.74. The summed E-state index contributed by atoms with van der Waals surface area (Å²) in [5.41, 5.74) is 0.146. The molecule has 2 fully saturated rings. The maximum atomic E-state index is 13.1. The minimum absolute atomic E-state index is 0.0254. The van der Waals surface area contributed by atoms with Crippen LogP contribution in [0.2, 0.25) is 0 Å². The van der Waals surface area contributed by atoms with E-state index in [1.54, 1.807) is 13.0 Å². The van der Waals surface area contributed by atoms with Crippen molar-refractivity contribution in [2.75, 3.05) is 23.4 Å². The number of anilines is 2. The number of alkyl halides is 2. The van der Waals surface area contributed by atoms with Crippen molar-refractivity contribution in [3.05, 3.63) is 53.6 Å². The van der Waals surface area contributed by atoms with Gasteiger partial charge >= 0.3 is 12.6 Å². The number of hydrogen-bond donors (Lipinski definition) is 4. The number of carbonyl (C=O) groups excluding carboxylic acids is 1. The van der Waals surface area contributed by atoms with Crippen molar-refractivity contribution >= 4 is 38.9 Å². The van der Waals surface area contributed by atoms with Crippen LogP contribution in [0.25, 0.3) is 0 Å². The van der Waals surface area contributed by atoms with Gasteiger partial charge in [0.1, 0.15) is 17.6 Å². The summed E-state index contributed by atoms with van der Waals surface area (Å²) >= 11 is 0. The molecule has 2 aromatic rings. The van der Waals surface area contributed by atoms with Gasteiger partial charge in [-0.3, -0.25) is 10.2 Å². The predicted molar refractivity (Wildman–Crippen MR) is 136 cm³/mol. The third-order valence-electron chi connectivity index (χ3n) is 6.62. The summed E-state index contributed by atoms with van der Waals surface area (Å²) in [6, 6.07) is 9.35. The molecule has 0 saturated carbocycles. The zero-order valence-electron chi connectivity index (χ0n) is 20.5. The second kappa shape index (κ2) is 10.6. The fraction of sp³-hybridized carbons (Fsp3) is 0.400. The van der Waals surface area contributed by atoms with Crippen LogP contribution in [0.3, 0.4) is 0 Å². The van der Waals surface area contributed by atoms with E-state index < -0.39 is 39.9 Å². The molecule has 0 unspecified atom stereocenters. The fourth-order valence-electron chi connectivity index (χ4n) is 4.80. The third-order valence-corrected chi connectivity index (χ3v) is 8.52. The number of carboxylic acids is 1. The Bertz CT molecular complexity index is 1370. The molecule has 0 aliphatic carbocycles. The quantitative estimate of drug-likeness (QED) is 0.289. The van der Waals surface area contributed by atoms with Gasteiger partial charge in [0.25, 0.3) is 5.91 Å². The number of amides is 1. The van der Waals surface area contributed by atoms with E-state index in [9.17, 15) is 31.9 Å². The van der Waals surface area contributed by atoms with Gasteiger partial charge in [0.2, 0.25) is 0 Å². The van der Waals surface area contributed by atoms with E-state index in [1.807, 2.05) is 0 Å². The molecule has 0 bridgehead atoms. The summed E-state index contributed by atoms with van der Waals surface area (Å²) in [5.74, 6) is -2.01. The SMILES string of the molecule is C[C@]1(NC(=O)c2ccc(Nc3cccc(OC(F)F)c3)c(C(=N)N3CCC[C@H]3C(=O)O)c2)CCS(=O)(=O)C1. The van der Waals surface area contributed by atoms with Gasteiger partial charge in [-0.2, -0.15) is 8.78 Å². The number of carbonyl (C=O) groups is 2. The Balaban J connectivity index is 1.67. The largest absolute Gasteiger partial charge is 0.480 e. The van der Waals surface area contributed by atoms with Crippen molar-refractivity contribution in [1.29, 1.82) is 5.41 Å². The number of benzene rings is 2. The van der Waals surface area contributed by atoms with Gasteiger partial charge in [0.15, 0.2) is 9.84 Å². The van der Waals surface area contributed by atoms with Crippen LogP contribution in [0, 0.1) is 5.41 Å². The van der Waals surface area contributed by atoms with E-state index in [0.29, 0.717) is 30.8 Å². The van der Waals surface area contributed by atoms with Gasteiger partial charge in [-0.25, -0.2) is 13.2 Å². The number of ether oxygens (including phenoxy) is 1. The number of nitrogens with zero attached hydrogens (tertiary/aromatic N) is 1. The maximum absolute atomic E-state index is 13.1. The van der Waals surface area contributed by atoms with E-state index in [0.717, 1.165) is 0 Å². The lowest BCUT2D eigenvalue weighted by molar-refractivity contribution is -0.140. The first kappa shape index (κ1) is 27.3. The van der Waals surface area contributed by atoms with Gasteiger partial charge in [0, 0.05) is 35.1 Å². The normalized spacial score (nSPS) is 22.3. The van der Waals surface area contributed by atoms with Crippen LogP contribution in [-0.2, 0) is 14.6 Å². The molecule has 2 heterocycles. The molecule has 4 N–H and O–H groups in total. The number of sulfone groups is 1. The molecule has 0 aromatic heterocycles. The molecule has 0 spiro atoms. The Morgan fingerprint density at radius 1 is 1.24 bits per heavy atom. The van der Waals surface area contributed by atoms with Crippen molar-refractivity contribution < 1.29 is 36.6 Å². The third kappa shape index (κ3) is 6.21. The van der Waals surface area contributed by atoms with Gasteiger partial charge < -0.3 is 25.4 Å². The number of halogens is 2. The molecule has 2 aromatic carbocycles. The topological polar surface area (TPSA) is 149 Å². The summed E-state index contributed by atoms with van der Waals surface area (Å²) in [6.07, 6.45) is 1.21. The van der Waals surface area contributed by atoms with Gasteiger partial charge in [-0.15, -0.1) is 0 Å². The number of amidine groups is 1. The second-order valence-electron chi connectivity index (χ2n) is 9.69. The number of nitrogens with one attached hydrogen (secondary N) is 3. The van der Waals surface area contributed by atoms with E-state index in [-0.39, 0.29) is 40.6 Å². The molecule has 13 heteroatoms. The molecule has 10 nitrogen and oxygen atoms in total. The van der Waals surface area contributed by atoms with Crippen LogP contribution in [-0.4, -0.2) is 72.4 Å². The molecular weight excluding hydrogens is 522 g/mol. The summed E-state index contributed by atoms with van der Waals surface area (Å²) < 4.78 is 53.7. The van der Waals surface area contributed by atoms with Gasteiger partial charge in [-0.1, -0.05) is 6.07 Å². The Labute approximate surface area is 218 Å². The van der Waals surface area contributed by atoms with Crippen molar-refractivity contribution in [2.24, 2.45) is 0 Å². The smallest absolute Gasteiger partial charge is 0.387 e. The summed E-state index contributed by atoms with van der Waals surface area (Å²) in [6.45, 7) is -1.02. The van der Waals surface area contributed by atoms with E-state index >= 15 is 0 Å². The lowest BCUT2D eigenvalue weighted by atomic mass is 10.00. The van der Waals surface area contributed by atoms with Crippen LogP contribution in [0.4, 0.5) is 20.2 Å². The van der Waals surface area contributed by atoms with Crippen molar-refractivity contribution in [3.63, 3.8) is 0 Å². The highest BCUT2D eigenvalue weighted by atomic mass is 32.2. The average Bonchev–Trinajstić information content (AvgIpc) is 3.42. The summed E-state index contributed by atoms with van der Waals surface area (Å²) in [4.78, 5) is 26.3. The van der Waals surface area contributed by atoms with Crippen molar-refractivity contribution in [3.8, 4) is 5.75 Å². The number of hydrogen-bond acceptors (Lipinski definition) is 7. The highest BCUT2D eigenvalue weighted by Gasteiger charge is 2.40. The standard InChI is InChI=1S/C25H28F2N4O6S/c1-25(9-11-38(35,36)14-25)30-22(32)15-7-8-19(29-16-4-2-5-17(13-16)37-24(26)27)18(12-15)21(28)31-10-3-6-20(31)23(33)34/h2,4-5,7-8,12-13,20,24,28-29H,3,6,9-11,14H2,1H3,(H,30,32)(H,33,34)/t20-,25-/m0/s1. The van der Waals surface area contributed by atoms with Crippen LogP contribution < -0.4 is 15.4 Å². The molecular formula is C25H28F2N4O6S. The first-order chi connectivity index (χ1) is 17.9. The highest BCUT2D eigenvalue weighted by molar-refractivity contribution is 7.91. The van der Waals surface area contributed by atoms with Crippen molar-refractivity contribution in [1.82, 2.24) is 10.2 Å². The van der Waals surface area contributed by atoms with E-state index in [2.05, 4.69) is 15.4 Å². The number of aliphatic carboxylic acids is 1. The van der Waals surface area contributed by atoms with Crippen LogP contribution >= 0.6 is 0 Å². The molecule has 2 aliphatic heterocycles. The molecule has 38 heavy (non-hydrogen) atoms. The molecule has 2 aliphatic rings. The molecule has 204 valence electrons. The Morgan fingerprint density at radius 3 is 2.66 bits per heavy atom. The molecule has 0 radical (unpaired) electrons. The number of rotatable bonds is 8. The minimum Gasteiger partial charge on any atom is -0.480 e. The molecule has 2 saturated heterocycles. The van der Waals surface area contributed by atoms with Gasteiger partial charge in [0.05, 0.1) is 17.0 Å².